The van der Waals surface area contributed by atoms with E-state index in [-0.39, 0.29) is 30.1 Å². The molecule has 0 N–H and O–H groups in total. The van der Waals surface area contributed by atoms with E-state index in [9.17, 15) is 9.59 Å². The summed E-state index contributed by atoms with van der Waals surface area (Å²) in [7, 11) is 0. The van der Waals surface area contributed by atoms with Gasteiger partial charge in [-0.05, 0) is 64.6 Å². The van der Waals surface area contributed by atoms with E-state index in [2.05, 4.69) is 4.90 Å². The van der Waals surface area contributed by atoms with Gasteiger partial charge < -0.3 is 9.47 Å². The number of esters is 2. The summed E-state index contributed by atoms with van der Waals surface area (Å²) >= 11 is 0. The number of ether oxygens (including phenoxy) is 2. The van der Waals surface area contributed by atoms with Gasteiger partial charge in [-0.25, -0.2) is 4.79 Å². The van der Waals surface area contributed by atoms with E-state index >= 15 is 0 Å². The van der Waals surface area contributed by atoms with Gasteiger partial charge in [0.05, 0.1) is 12.0 Å². The molecule has 0 spiro atoms. The topological polar surface area (TPSA) is 55.8 Å². The number of unbranched alkanes of at least 4 members (excludes halogenated alkanes) is 1. The van der Waals surface area contributed by atoms with Gasteiger partial charge in [0.2, 0.25) is 0 Å². The fourth-order valence-electron chi connectivity index (χ4n) is 3.94. The minimum Gasteiger partial charge on any atom is -0.462 e. The molecule has 0 saturated carbocycles. The normalized spacial score (nSPS) is 34.6. The van der Waals surface area contributed by atoms with Crippen LogP contribution in [0.4, 0.5) is 0 Å². The van der Waals surface area contributed by atoms with Gasteiger partial charge in [-0.1, -0.05) is 6.92 Å². The highest BCUT2D eigenvalue weighted by Crippen LogP contribution is 2.28. The molecule has 0 aliphatic carbocycles. The van der Waals surface area contributed by atoms with Gasteiger partial charge >= 0.3 is 11.9 Å². The van der Waals surface area contributed by atoms with Crippen molar-refractivity contribution in [2.24, 2.45) is 5.92 Å². The van der Waals surface area contributed by atoms with Crippen molar-refractivity contribution in [3.8, 4) is 0 Å². The zero-order valence-corrected chi connectivity index (χ0v) is 14.1. The summed E-state index contributed by atoms with van der Waals surface area (Å²) < 4.78 is 10.8. The molecular formula is C18H27NO4. The van der Waals surface area contributed by atoms with Crippen molar-refractivity contribution < 1.29 is 19.1 Å². The van der Waals surface area contributed by atoms with Gasteiger partial charge in [0.1, 0.15) is 12.2 Å². The number of likely N-dealkylation sites (tertiary alicyclic amines) is 1. The van der Waals surface area contributed by atoms with E-state index in [0.717, 1.165) is 50.8 Å². The van der Waals surface area contributed by atoms with Crippen LogP contribution >= 0.6 is 0 Å². The fraction of sp³-hybridized carbons (Fsp3) is 0.778. The lowest BCUT2D eigenvalue weighted by Gasteiger charge is -2.27. The molecule has 4 atom stereocenters. The van der Waals surface area contributed by atoms with Crippen molar-refractivity contribution >= 4 is 11.9 Å². The molecule has 0 amide bonds. The SMILES string of the molecule is CC1=C[C@H]([C@H]2CCCN2CCCC[C@@H]2C[C@@H](C)C(=O)O2)OC1=O. The molecule has 5 nitrogen and oxygen atoms in total. The smallest absolute Gasteiger partial charge is 0.334 e. The molecule has 0 aromatic rings. The molecule has 2 saturated heterocycles. The quantitative estimate of drug-likeness (QED) is 0.555. The molecule has 3 aliphatic heterocycles. The second kappa shape index (κ2) is 7.04. The first-order valence-corrected chi connectivity index (χ1v) is 8.88. The highest BCUT2D eigenvalue weighted by atomic mass is 16.6. The number of carbonyl (C=O) groups is 2. The molecular weight excluding hydrogens is 294 g/mol. The van der Waals surface area contributed by atoms with Crippen LogP contribution in [-0.2, 0) is 19.1 Å². The molecule has 0 aromatic heterocycles. The minimum atomic E-state index is -0.168. The van der Waals surface area contributed by atoms with E-state index in [1.807, 2.05) is 19.9 Å². The van der Waals surface area contributed by atoms with Crippen LogP contribution < -0.4 is 0 Å². The Balaban J connectivity index is 1.40. The Morgan fingerprint density at radius 3 is 2.74 bits per heavy atom. The number of hydrogen-bond acceptors (Lipinski definition) is 5. The van der Waals surface area contributed by atoms with E-state index in [0.29, 0.717) is 6.04 Å². The third kappa shape index (κ3) is 3.77. The standard InChI is InChI=1S/C18H27NO4/c1-12-10-14(22-17(12)20)6-3-4-8-19-9-5-7-15(19)16-11-13(2)18(21)23-16/h11-12,14-16H,3-10H2,1-2H3/t12-,14-,15-,16-/m1/s1. The van der Waals surface area contributed by atoms with Crippen molar-refractivity contribution in [3.63, 3.8) is 0 Å². The van der Waals surface area contributed by atoms with E-state index in [4.69, 9.17) is 9.47 Å². The lowest BCUT2D eigenvalue weighted by atomic mass is 10.0. The third-order valence-corrected chi connectivity index (χ3v) is 5.30. The summed E-state index contributed by atoms with van der Waals surface area (Å²) in [6.45, 7) is 5.88. The number of rotatable bonds is 6. The molecule has 128 valence electrons. The van der Waals surface area contributed by atoms with Crippen LogP contribution in [0, 0.1) is 5.92 Å². The van der Waals surface area contributed by atoms with E-state index < -0.39 is 0 Å². The second-order valence-electron chi connectivity index (χ2n) is 7.16. The average Bonchev–Trinajstić information content (AvgIpc) is 3.18. The first-order chi connectivity index (χ1) is 11.0. The molecule has 5 heteroatoms. The maximum absolute atomic E-state index is 11.6. The molecule has 0 aromatic carbocycles. The Hall–Kier alpha value is -1.36. The number of cyclic esters (lactones) is 2. The van der Waals surface area contributed by atoms with Crippen LogP contribution in [0.3, 0.4) is 0 Å². The number of hydrogen-bond donors (Lipinski definition) is 0. The second-order valence-corrected chi connectivity index (χ2v) is 7.16. The number of nitrogens with zero attached hydrogens (tertiary/aromatic N) is 1. The summed E-state index contributed by atoms with van der Waals surface area (Å²) in [5.41, 5.74) is 0.735. The van der Waals surface area contributed by atoms with Crippen LogP contribution in [0.5, 0.6) is 0 Å². The Morgan fingerprint density at radius 1 is 1.26 bits per heavy atom. The molecule has 0 radical (unpaired) electrons. The summed E-state index contributed by atoms with van der Waals surface area (Å²) in [6.07, 6.45) is 8.30. The number of carbonyl (C=O) groups excluding carboxylic acids is 2. The van der Waals surface area contributed by atoms with Gasteiger partial charge in [0.15, 0.2) is 0 Å². The maximum atomic E-state index is 11.6. The summed E-state index contributed by atoms with van der Waals surface area (Å²) in [6, 6.07) is 0.334. The van der Waals surface area contributed by atoms with Crippen LogP contribution in [-0.4, -0.2) is 48.2 Å². The van der Waals surface area contributed by atoms with Crippen LogP contribution in [0.15, 0.2) is 11.6 Å². The molecule has 3 heterocycles. The molecule has 0 bridgehead atoms. The van der Waals surface area contributed by atoms with E-state index in [1.165, 1.54) is 6.42 Å². The predicted molar refractivity (Wildman–Crippen MR) is 85.7 cm³/mol. The molecule has 3 aliphatic rings. The van der Waals surface area contributed by atoms with E-state index in [1.54, 1.807) is 0 Å². The van der Waals surface area contributed by atoms with Crippen molar-refractivity contribution in [1.29, 1.82) is 0 Å². The van der Waals surface area contributed by atoms with Crippen LogP contribution in [0.25, 0.3) is 0 Å². The van der Waals surface area contributed by atoms with Crippen LogP contribution in [0.1, 0.15) is 52.4 Å². The monoisotopic (exact) mass is 321 g/mol. The average molecular weight is 321 g/mol. The zero-order valence-electron chi connectivity index (χ0n) is 14.1. The Kier molecular flexibility index (Phi) is 5.05. The molecule has 2 fully saturated rings. The lowest BCUT2D eigenvalue weighted by Crippen LogP contribution is -2.39. The maximum Gasteiger partial charge on any atom is 0.334 e. The summed E-state index contributed by atoms with van der Waals surface area (Å²) in [5.74, 6) is -0.145. The molecule has 3 rings (SSSR count). The first-order valence-electron chi connectivity index (χ1n) is 8.88. The predicted octanol–water partition coefficient (Wildman–Crippen LogP) is 2.44. The van der Waals surface area contributed by atoms with Crippen molar-refractivity contribution in [3.05, 3.63) is 11.6 Å². The van der Waals surface area contributed by atoms with Crippen LogP contribution in [0.2, 0.25) is 0 Å². The minimum absolute atomic E-state index is 0.0418. The van der Waals surface area contributed by atoms with Crippen molar-refractivity contribution in [1.82, 2.24) is 4.90 Å². The van der Waals surface area contributed by atoms with Gasteiger partial charge in [-0.15, -0.1) is 0 Å². The van der Waals surface area contributed by atoms with Crippen molar-refractivity contribution in [2.45, 2.75) is 70.6 Å². The Labute approximate surface area is 138 Å². The third-order valence-electron chi connectivity index (χ3n) is 5.30. The molecule has 23 heavy (non-hydrogen) atoms. The first kappa shape index (κ1) is 16.5. The van der Waals surface area contributed by atoms with Gasteiger partial charge in [0, 0.05) is 5.57 Å². The zero-order chi connectivity index (χ0) is 16.4. The highest BCUT2D eigenvalue weighted by Gasteiger charge is 2.36. The van der Waals surface area contributed by atoms with Gasteiger partial charge in [-0.3, -0.25) is 9.69 Å². The van der Waals surface area contributed by atoms with Gasteiger partial charge in [-0.2, -0.15) is 0 Å². The fourth-order valence-corrected chi connectivity index (χ4v) is 3.94. The van der Waals surface area contributed by atoms with Gasteiger partial charge in [0.25, 0.3) is 0 Å². The Morgan fingerprint density at radius 2 is 2.09 bits per heavy atom. The van der Waals surface area contributed by atoms with Crippen molar-refractivity contribution in [2.75, 3.05) is 13.1 Å². The lowest BCUT2D eigenvalue weighted by molar-refractivity contribution is -0.144. The Bertz CT molecular complexity index is 501. The summed E-state index contributed by atoms with van der Waals surface area (Å²) in [5, 5.41) is 0. The molecule has 0 unspecified atom stereocenters. The highest BCUT2D eigenvalue weighted by molar-refractivity contribution is 5.90. The largest absolute Gasteiger partial charge is 0.462 e. The summed E-state index contributed by atoms with van der Waals surface area (Å²) in [4.78, 5) is 25.4.